The van der Waals surface area contributed by atoms with Crippen molar-refractivity contribution in [2.24, 2.45) is 5.73 Å². The van der Waals surface area contributed by atoms with E-state index >= 15 is 0 Å². The van der Waals surface area contributed by atoms with Crippen molar-refractivity contribution in [3.8, 4) is 0 Å². The molecule has 0 spiro atoms. The third-order valence-electron chi connectivity index (χ3n) is 4.13. The summed E-state index contributed by atoms with van der Waals surface area (Å²) in [5.74, 6) is -2.00. The Morgan fingerprint density at radius 2 is 2.00 bits per heavy atom. The van der Waals surface area contributed by atoms with Crippen molar-refractivity contribution >= 4 is 17.9 Å². The van der Waals surface area contributed by atoms with Crippen LogP contribution < -0.4 is 11.1 Å². The first-order valence-electron chi connectivity index (χ1n) is 7.28. The Morgan fingerprint density at radius 3 is 2.67 bits per heavy atom. The molecule has 2 aliphatic heterocycles. The summed E-state index contributed by atoms with van der Waals surface area (Å²) in [4.78, 5) is 38.0. The summed E-state index contributed by atoms with van der Waals surface area (Å²) in [5.41, 5.74) is 5.00. The van der Waals surface area contributed by atoms with E-state index in [9.17, 15) is 14.4 Å². The number of piperidine rings is 1. The molecule has 2 heterocycles. The van der Waals surface area contributed by atoms with Crippen LogP contribution in [0.4, 0.5) is 4.79 Å². The summed E-state index contributed by atoms with van der Waals surface area (Å²) >= 11 is 0. The molecule has 0 aromatic carbocycles. The van der Waals surface area contributed by atoms with E-state index in [1.807, 2.05) is 0 Å². The number of amides is 3. The number of nitrogens with one attached hydrogen (secondary N) is 1. The number of carboxylic acid groups (broad SMARTS) is 1. The molecule has 0 aliphatic carbocycles. The average Bonchev–Trinajstić information content (AvgIpc) is 2.45. The van der Waals surface area contributed by atoms with Crippen molar-refractivity contribution in [1.82, 2.24) is 15.1 Å². The fourth-order valence-corrected chi connectivity index (χ4v) is 2.98. The zero-order chi connectivity index (χ0) is 15.4. The van der Waals surface area contributed by atoms with Gasteiger partial charge < -0.3 is 21.1 Å². The Balaban J connectivity index is 1.90. The minimum Gasteiger partial charge on any atom is -0.480 e. The van der Waals surface area contributed by atoms with Crippen molar-refractivity contribution in [2.75, 3.05) is 26.2 Å². The zero-order valence-corrected chi connectivity index (χ0v) is 12.0. The van der Waals surface area contributed by atoms with Gasteiger partial charge in [-0.05, 0) is 19.4 Å². The number of urea groups is 1. The number of carboxylic acids is 1. The fraction of sp³-hybridized carbons (Fsp3) is 0.769. The van der Waals surface area contributed by atoms with Crippen LogP contribution in [0.15, 0.2) is 0 Å². The average molecular weight is 298 g/mol. The normalized spacial score (nSPS) is 24.0. The zero-order valence-electron chi connectivity index (χ0n) is 12.0. The van der Waals surface area contributed by atoms with Crippen LogP contribution in [-0.4, -0.2) is 71.1 Å². The van der Waals surface area contributed by atoms with Gasteiger partial charge in [-0.3, -0.25) is 9.69 Å². The number of nitrogens with two attached hydrogens (primary N) is 1. The van der Waals surface area contributed by atoms with Crippen LogP contribution in [0.5, 0.6) is 0 Å². The molecule has 2 aliphatic rings. The molecule has 0 saturated carbocycles. The monoisotopic (exact) mass is 298 g/mol. The number of nitrogens with zero attached hydrogens (tertiary/aromatic N) is 2. The van der Waals surface area contributed by atoms with Gasteiger partial charge in [0.05, 0.1) is 6.42 Å². The highest BCUT2D eigenvalue weighted by atomic mass is 16.4. The molecule has 2 atom stereocenters. The minimum atomic E-state index is -1.26. The maximum Gasteiger partial charge on any atom is 0.326 e. The van der Waals surface area contributed by atoms with Gasteiger partial charge in [0.15, 0.2) is 0 Å². The third-order valence-corrected chi connectivity index (χ3v) is 4.13. The van der Waals surface area contributed by atoms with Crippen LogP contribution >= 0.6 is 0 Å². The lowest BCUT2D eigenvalue weighted by molar-refractivity contribution is -0.141. The number of piperazine rings is 1. The number of fused-ring (bicyclic) bond motifs is 1. The Kier molecular flexibility index (Phi) is 5.00. The van der Waals surface area contributed by atoms with Gasteiger partial charge in [-0.1, -0.05) is 6.42 Å². The van der Waals surface area contributed by atoms with Crippen molar-refractivity contribution < 1.29 is 19.5 Å². The molecule has 0 bridgehead atoms. The molecule has 2 saturated heterocycles. The smallest absolute Gasteiger partial charge is 0.326 e. The van der Waals surface area contributed by atoms with E-state index in [0.29, 0.717) is 19.1 Å². The first-order chi connectivity index (χ1) is 9.97. The third kappa shape index (κ3) is 4.07. The topological polar surface area (TPSA) is 116 Å². The van der Waals surface area contributed by atoms with Crippen LogP contribution in [0.1, 0.15) is 25.7 Å². The van der Waals surface area contributed by atoms with Gasteiger partial charge in [-0.25, -0.2) is 9.59 Å². The maximum atomic E-state index is 12.1. The molecule has 0 radical (unpaired) electrons. The van der Waals surface area contributed by atoms with Crippen LogP contribution in [0.25, 0.3) is 0 Å². The van der Waals surface area contributed by atoms with Crippen LogP contribution in [0.2, 0.25) is 0 Å². The molecule has 2 rings (SSSR count). The van der Waals surface area contributed by atoms with E-state index in [4.69, 9.17) is 10.8 Å². The largest absolute Gasteiger partial charge is 0.480 e. The van der Waals surface area contributed by atoms with Crippen molar-refractivity contribution in [3.05, 3.63) is 0 Å². The van der Waals surface area contributed by atoms with Gasteiger partial charge in [0.1, 0.15) is 6.04 Å². The lowest BCUT2D eigenvalue weighted by atomic mass is 10.00. The van der Waals surface area contributed by atoms with Gasteiger partial charge in [0, 0.05) is 25.7 Å². The van der Waals surface area contributed by atoms with Crippen LogP contribution in [0, 0.1) is 0 Å². The fourth-order valence-electron chi connectivity index (χ4n) is 2.98. The summed E-state index contributed by atoms with van der Waals surface area (Å²) in [6.45, 7) is 3.06. The maximum absolute atomic E-state index is 12.1. The SMILES string of the molecule is NC(=O)CC(NC(=O)N1CCN2CCCCC2C1)C(=O)O. The highest BCUT2D eigenvalue weighted by Crippen LogP contribution is 2.21. The van der Waals surface area contributed by atoms with Gasteiger partial charge in [-0.2, -0.15) is 0 Å². The number of carbonyl (C=O) groups excluding carboxylic acids is 2. The molecule has 3 amide bonds. The number of carbonyl (C=O) groups is 3. The number of rotatable bonds is 4. The molecule has 2 fully saturated rings. The van der Waals surface area contributed by atoms with Gasteiger partial charge >= 0.3 is 12.0 Å². The Labute approximate surface area is 123 Å². The van der Waals surface area contributed by atoms with Crippen LogP contribution in [-0.2, 0) is 9.59 Å². The summed E-state index contributed by atoms with van der Waals surface area (Å²) < 4.78 is 0. The molecule has 0 aromatic rings. The second-order valence-electron chi connectivity index (χ2n) is 5.64. The molecular formula is C13H22N4O4. The Bertz CT molecular complexity index is 428. The lowest BCUT2D eigenvalue weighted by Crippen LogP contribution is -2.59. The Morgan fingerprint density at radius 1 is 1.24 bits per heavy atom. The van der Waals surface area contributed by atoms with Gasteiger partial charge in [0.2, 0.25) is 5.91 Å². The molecule has 0 aromatic heterocycles. The number of hydrogen-bond acceptors (Lipinski definition) is 4. The van der Waals surface area contributed by atoms with E-state index in [2.05, 4.69) is 10.2 Å². The minimum absolute atomic E-state index is 0.359. The standard InChI is InChI=1S/C13H22N4O4/c14-11(18)7-10(12(19)20)15-13(21)17-6-5-16-4-2-1-3-9(16)8-17/h9-10H,1-8H2,(H2,14,18)(H,15,21)(H,19,20). The summed E-state index contributed by atoms with van der Waals surface area (Å²) in [7, 11) is 0. The summed E-state index contributed by atoms with van der Waals surface area (Å²) in [6, 6.07) is -1.34. The van der Waals surface area contributed by atoms with E-state index in [1.54, 1.807) is 4.90 Å². The first-order valence-corrected chi connectivity index (χ1v) is 7.28. The van der Waals surface area contributed by atoms with Crippen molar-refractivity contribution in [3.63, 3.8) is 0 Å². The molecular weight excluding hydrogens is 276 g/mol. The van der Waals surface area contributed by atoms with Crippen LogP contribution in [0.3, 0.4) is 0 Å². The number of aliphatic carboxylic acids is 1. The van der Waals surface area contributed by atoms with E-state index in [-0.39, 0.29) is 0 Å². The lowest BCUT2D eigenvalue weighted by Gasteiger charge is -2.44. The molecule has 4 N–H and O–H groups in total. The van der Waals surface area contributed by atoms with E-state index in [1.165, 1.54) is 6.42 Å². The summed E-state index contributed by atoms with van der Waals surface area (Å²) in [5, 5.41) is 11.4. The molecule has 8 heteroatoms. The second kappa shape index (κ2) is 6.75. The first kappa shape index (κ1) is 15.6. The highest BCUT2D eigenvalue weighted by Gasteiger charge is 2.32. The predicted molar refractivity (Wildman–Crippen MR) is 74.6 cm³/mol. The second-order valence-corrected chi connectivity index (χ2v) is 5.64. The highest BCUT2D eigenvalue weighted by molar-refractivity contribution is 5.87. The summed E-state index contributed by atoms with van der Waals surface area (Å²) in [6.07, 6.45) is 3.02. The quantitative estimate of drug-likeness (QED) is 0.628. The number of hydrogen-bond donors (Lipinski definition) is 3. The van der Waals surface area contributed by atoms with E-state index < -0.39 is 30.4 Å². The molecule has 118 valence electrons. The number of primary amides is 1. The molecule has 8 nitrogen and oxygen atoms in total. The van der Waals surface area contributed by atoms with Crippen molar-refractivity contribution in [1.29, 1.82) is 0 Å². The van der Waals surface area contributed by atoms with Gasteiger partial charge in [-0.15, -0.1) is 0 Å². The Hall–Kier alpha value is -1.83. The van der Waals surface area contributed by atoms with Crippen molar-refractivity contribution in [2.45, 2.75) is 37.8 Å². The molecule has 21 heavy (non-hydrogen) atoms. The van der Waals surface area contributed by atoms with E-state index in [0.717, 1.165) is 25.9 Å². The predicted octanol–water partition coefficient (Wildman–Crippen LogP) is -0.805. The van der Waals surface area contributed by atoms with Gasteiger partial charge in [0.25, 0.3) is 0 Å². The molecule has 2 unspecified atom stereocenters.